The Bertz CT molecular complexity index is 1480. The lowest BCUT2D eigenvalue weighted by molar-refractivity contribution is -0.122. The summed E-state index contributed by atoms with van der Waals surface area (Å²) in [4.78, 5) is 39.5. The molecule has 1 aliphatic rings. The van der Waals surface area contributed by atoms with Gasteiger partial charge in [-0.25, -0.2) is 9.69 Å². The second-order valence-corrected chi connectivity index (χ2v) is 8.34. The number of ether oxygens (including phenoxy) is 1. The van der Waals surface area contributed by atoms with Gasteiger partial charge in [-0.3, -0.25) is 14.9 Å². The fraction of sp³-hybridized carbons (Fsp3) is 0.0357. The molecule has 1 N–H and O–H groups in total. The first-order valence-electron chi connectivity index (χ1n) is 10.9. The number of imide groups is 2. The number of rotatable bonds is 5. The fourth-order valence-corrected chi connectivity index (χ4v) is 4.03. The summed E-state index contributed by atoms with van der Waals surface area (Å²) < 4.78 is 6.10. The van der Waals surface area contributed by atoms with Crippen molar-refractivity contribution < 1.29 is 19.1 Å². The van der Waals surface area contributed by atoms with Gasteiger partial charge < -0.3 is 4.74 Å². The predicted octanol–water partition coefficient (Wildman–Crippen LogP) is 5.74. The van der Waals surface area contributed by atoms with Crippen LogP contribution in [0.5, 0.6) is 5.75 Å². The maximum Gasteiger partial charge on any atom is 0.335 e. The van der Waals surface area contributed by atoms with E-state index >= 15 is 0 Å². The predicted molar refractivity (Wildman–Crippen MR) is 135 cm³/mol. The maximum absolute atomic E-state index is 13.3. The zero-order valence-electron chi connectivity index (χ0n) is 18.4. The van der Waals surface area contributed by atoms with Gasteiger partial charge in [0.25, 0.3) is 11.8 Å². The van der Waals surface area contributed by atoms with Crippen molar-refractivity contribution in [3.8, 4) is 5.75 Å². The number of urea groups is 1. The minimum Gasteiger partial charge on any atom is -0.488 e. The van der Waals surface area contributed by atoms with E-state index in [1.54, 1.807) is 48.5 Å². The number of nitrogens with zero attached hydrogens (tertiary/aromatic N) is 1. The molecule has 35 heavy (non-hydrogen) atoms. The smallest absolute Gasteiger partial charge is 0.335 e. The number of halogens is 1. The van der Waals surface area contributed by atoms with Crippen molar-refractivity contribution in [3.05, 3.63) is 113 Å². The molecule has 172 valence electrons. The van der Waals surface area contributed by atoms with E-state index in [9.17, 15) is 14.4 Å². The van der Waals surface area contributed by atoms with Gasteiger partial charge in [-0.1, -0.05) is 72.3 Å². The standard InChI is InChI=1S/C28H19ClN2O4/c29-20-13-10-18(11-14-20)17-35-25-15-12-19-6-4-5-9-22(19)23(25)16-24-26(32)30-28(34)31(27(24)33)21-7-2-1-3-8-21/h1-16H,17H2,(H,30,32,34)/b24-16+. The van der Waals surface area contributed by atoms with Crippen LogP contribution in [0.3, 0.4) is 0 Å². The monoisotopic (exact) mass is 482 g/mol. The third kappa shape index (κ3) is 4.52. The number of benzene rings is 4. The molecule has 4 aromatic carbocycles. The molecule has 0 aromatic heterocycles. The van der Waals surface area contributed by atoms with Crippen LogP contribution in [-0.4, -0.2) is 17.8 Å². The third-order valence-electron chi connectivity index (χ3n) is 5.64. The minimum atomic E-state index is -0.791. The van der Waals surface area contributed by atoms with Crippen LogP contribution < -0.4 is 15.0 Å². The van der Waals surface area contributed by atoms with Crippen molar-refractivity contribution in [1.29, 1.82) is 0 Å². The van der Waals surface area contributed by atoms with Crippen LogP contribution in [0.1, 0.15) is 11.1 Å². The van der Waals surface area contributed by atoms with Crippen molar-refractivity contribution in [3.63, 3.8) is 0 Å². The summed E-state index contributed by atoms with van der Waals surface area (Å²) in [5, 5.41) is 4.61. The Kier molecular flexibility index (Phi) is 6.04. The van der Waals surface area contributed by atoms with Gasteiger partial charge in [0.15, 0.2) is 0 Å². The van der Waals surface area contributed by atoms with Gasteiger partial charge in [0, 0.05) is 10.6 Å². The average molecular weight is 483 g/mol. The maximum atomic E-state index is 13.3. The highest BCUT2D eigenvalue weighted by Gasteiger charge is 2.37. The molecule has 4 aromatic rings. The Morgan fingerprint density at radius 3 is 2.31 bits per heavy atom. The number of amides is 4. The molecule has 1 aliphatic heterocycles. The molecule has 4 amide bonds. The summed E-state index contributed by atoms with van der Waals surface area (Å²) in [6.45, 7) is 0.264. The molecule has 1 heterocycles. The van der Waals surface area contributed by atoms with E-state index in [0.29, 0.717) is 22.0 Å². The summed E-state index contributed by atoms with van der Waals surface area (Å²) in [5.41, 5.74) is 1.68. The molecule has 1 saturated heterocycles. The van der Waals surface area contributed by atoms with E-state index in [0.717, 1.165) is 21.2 Å². The average Bonchev–Trinajstić information content (AvgIpc) is 2.87. The van der Waals surface area contributed by atoms with E-state index in [1.807, 2.05) is 42.5 Å². The molecule has 0 bridgehead atoms. The second kappa shape index (κ2) is 9.44. The summed E-state index contributed by atoms with van der Waals surface area (Å²) >= 11 is 5.98. The molecule has 0 atom stereocenters. The lowest BCUT2D eigenvalue weighted by Gasteiger charge is -2.26. The number of nitrogens with one attached hydrogen (secondary N) is 1. The molecule has 0 aliphatic carbocycles. The molecule has 7 heteroatoms. The summed E-state index contributed by atoms with van der Waals surface area (Å²) in [6, 6.07) is 26.3. The van der Waals surface area contributed by atoms with E-state index in [1.165, 1.54) is 6.08 Å². The summed E-state index contributed by atoms with van der Waals surface area (Å²) in [7, 11) is 0. The van der Waals surface area contributed by atoms with Crippen molar-refractivity contribution in [2.75, 3.05) is 4.90 Å². The molecule has 0 radical (unpaired) electrons. The molecular weight excluding hydrogens is 464 g/mol. The Labute approximate surface area is 206 Å². The summed E-state index contributed by atoms with van der Waals surface area (Å²) in [5.74, 6) is -0.972. The molecule has 0 saturated carbocycles. The van der Waals surface area contributed by atoms with Gasteiger partial charge in [0.2, 0.25) is 0 Å². The van der Waals surface area contributed by atoms with Gasteiger partial charge in [0.05, 0.1) is 5.69 Å². The Morgan fingerprint density at radius 2 is 1.54 bits per heavy atom. The number of hydrogen-bond acceptors (Lipinski definition) is 4. The Balaban J connectivity index is 1.58. The van der Waals surface area contributed by atoms with E-state index < -0.39 is 17.8 Å². The normalized spacial score (nSPS) is 14.9. The zero-order chi connectivity index (χ0) is 24.4. The van der Waals surface area contributed by atoms with Crippen molar-refractivity contribution in [1.82, 2.24) is 5.32 Å². The molecule has 0 spiro atoms. The molecule has 0 unspecified atom stereocenters. The number of carbonyl (C=O) groups is 3. The number of barbiturate groups is 1. The van der Waals surface area contributed by atoms with Crippen molar-refractivity contribution in [2.45, 2.75) is 6.61 Å². The van der Waals surface area contributed by atoms with Crippen LogP contribution in [0.15, 0.2) is 96.6 Å². The van der Waals surface area contributed by atoms with Crippen LogP contribution in [0.25, 0.3) is 16.8 Å². The van der Waals surface area contributed by atoms with Crippen molar-refractivity contribution in [2.24, 2.45) is 0 Å². The second-order valence-electron chi connectivity index (χ2n) is 7.91. The quantitative estimate of drug-likeness (QED) is 0.291. The van der Waals surface area contributed by atoms with Crippen LogP contribution in [0.2, 0.25) is 5.02 Å². The van der Waals surface area contributed by atoms with Gasteiger partial charge in [-0.15, -0.1) is 0 Å². The SMILES string of the molecule is O=C1NC(=O)N(c2ccccc2)C(=O)/C1=C/c1c(OCc2ccc(Cl)cc2)ccc2ccccc12. The van der Waals surface area contributed by atoms with Gasteiger partial charge >= 0.3 is 6.03 Å². The first kappa shape index (κ1) is 22.4. The molecule has 5 rings (SSSR count). The number of hydrogen-bond donors (Lipinski definition) is 1. The van der Waals surface area contributed by atoms with Crippen LogP contribution in [-0.2, 0) is 16.2 Å². The van der Waals surface area contributed by atoms with Crippen molar-refractivity contribution >= 4 is 52.0 Å². The highest BCUT2D eigenvalue weighted by Crippen LogP contribution is 2.32. The van der Waals surface area contributed by atoms with E-state index in [2.05, 4.69) is 5.32 Å². The molecule has 6 nitrogen and oxygen atoms in total. The minimum absolute atomic E-state index is 0.166. The first-order chi connectivity index (χ1) is 17.0. The van der Waals surface area contributed by atoms with Crippen LogP contribution >= 0.6 is 11.6 Å². The van der Waals surface area contributed by atoms with Gasteiger partial charge in [0.1, 0.15) is 17.9 Å². The highest BCUT2D eigenvalue weighted by atomic mass is 35.5. The molecular formula is C28H19ClN2O4. The lowest BCUT2D eigenvalue weighted by Crippen LogP contribution is -2.54. The fourth-order valence-electron chi connectivity index (χ4n) is 3.91. The number of para-hydroxylation sites is 1. The topological polar surface area (TPSA) is 75.7 Å². The highest BCUT2D eigenvalue weighted by molar-refractivity contribution is 6.39. The third-order valence-corrected chi connectivity index (χ3v) is 5.90. The van der Waals surface area contributed by atoms with Crippen LogP contribution in [0.4, 0.5) is 10.5 Å². The zero-order valence-corrected chi connectivity index (χ0v) is 19.2. The van der Waals surface area contributed by atoms with Gasteiger partial charge in [-0.05, 0) is 52.7 Å². The number of fused-ring (bicyclic) bond motifs is 1. The van der Waals surface area contributed by atoms with E-state index in [-0.39, 0.29) is 12.2 Å². The number of carbonyl (C=O) groups excluding carboxylic acids is 3. The van der Waals surface area contributed by atoms with E-state index in [4.69, 9.17) is 16.3 Å². The molecule has 1 fully saturated rings. The summed E-state index contributed by atoms with van der Waals surface area (Å²) in [6.07, 6.45) is 1.49. The first-order valence-corrected chi connectivity index (χ1v) is 11.2. The lowest BCUT2D eigenvalue weighted by atomic mass is 9.99. The van der Waals surface area contributed by atoms with Crippen LogP contribution in [0, 0.1) is 0 Å². The Hall–Kier alpha value is -4.42. The largest absolute Gasteiger partial charge is 0.488 e. The van der Waals surface area contributed by atoms with Gasteiger partial charge in [-0.2, -0.15) is 0 Å². The number of anilines is 1. The Morgan fingerprint density at radius 1 is 0.829 bits per heavy atom.